The quantitative estimate of drug-likeness (QED) is 0.761. The first kappa shape index (κ1) is 21.9. The van der Waals surface area contributed by atoms with Gasteiger partial charge in [-0.3, -0.25) is 0 Å². The first-order valence-electron chi connectivity index (χ1n) is 9.81. The summed E-state index contributed by atoms with van der Waals surface area (Å²) in [5.74, 6) is -1.13. The number of carbonyl (C=O) groups is 1. The van der Waals surface area contributed by atoms with Crippen molar-refractivity contribution in [3.63, 3.8) is 0 Å². The van der Waals surface area contributed by atoms with Crippen LogP contribution in [0.25, 0.3) is 5.57 Å². The molecule has 1 heterocycles. The van der Waals surface area contributed by atoms with Crippen molar-refractivity contribution >= 4 is 11.6 Å². The van der Waals surface area contributed by atoms with Crippen LogP contribution in [-0.2, 0) is 5.54 Å². The van der Waals surface area contributed by atoms with Crippen LogP contribution in [0.2, 0.25) is 0 Å². The highest BCUT2D eigenvalue weighted by atomic mass is 19.1. The molecule has 0 saturated heterocycles. The molecular weight excluding hydrogens is 391 g/mol. The second-order valence-electron chi connectivity index (χ2n) is 7.80. The van der Waals surface area contributed by atoms with Crippen molar-refractivity contribution in [1.82, 2.24) is 9.80 Å². The summed E-state index contributed by atoms with van der Waals surface area (Å²) in [5, 5.41) is 0. The Morgan fingerprint density at radius 2 is 1.90 bits per heavy atom. The molecule has 1 aliphatic heterocycles. The fourth-order valence-electron chi connectivity index (χ4n) is 3.91. The van der Waals surface area contributed by atoms with Gasteiger partial charge in [-0.15, -0.1) is 0 Å². The lowest BCUT2D eigenvalue weighted by atomic mass is 9.83. The summed E-state index contributed by atoms with van der Waals surface area (Å²) in [5.41, 5.74) is 6.30. The predicted octanol–water partition coefficient (Wildman–Crippen LogP) is 4.32. The number of benzene rings is 2. The summed E-state index contributed by atoms with van der Waals surface area (Å²) in [6, 6.07) is 11.6. The number of halogens is 3. The molecule has 0 bridgehead atoms. The van der Waals surface area contributed by atoms with Crippen LogP contribution in [0.3, 0.4) is 0 Å². The summed E-state index contributed by atoms with van der Waals surface area (Å²) in [6.45, 7) is -0.585. The Morgan fingerprint density at radius 3 is 2.53 bits per heavy atom. The Morgan fingerprint density at radius 1 is 1.20 bits per heavy atom. The van der Waals surface area contributed by atoms with Crippen LogP contribution in [0, 0.1) is 11.6 Å². The molecule has 3 rings (SSSR count). The van der Waals surface area contributed by atoms with Crippen molar-refractivity contribution < 1.29 is 18.0 Å². The molecule has 0 saturated carbocycles. The summed E-state index contributed by atoms with van der Waals surface area (Å²) < 4.78 is 41.5. The van der Waals surface area contributed by atoms with Gasteiger partial charge in [0.1, 0.15) is 18.3 Å². The maximum absolute atomic E-state index is 14.5. The Balaban J connectivity index is 2.17. The zero-order valence-electron chi connectivity index (χ0n) is 17.1. The van der Waals surface area contributed by atoms with Crippen LogP contribution in [0.4, 0.5) is 18.0 Å². The van der Waals surface area contributed by atoms with E-state index in [-0.39, 0.29) is 18.1 Å². The summed E-state index contributed by atoms with van der Waals surface area (Å²) in [4.78, 5) is 16.2. The number of nitrogens with zero attached hydrogens (tertiary/aromatic N) is 2. The molecule has 1 aliphatic rings. The number of rotatable bonds is 6. The Hall–Kier alpha value is -2.80. The van der Waals surface area contributed by atoms with E-state index in [2.05, 4.69) is 0 Å². The molecule has 7 heteroatoms. The van der Waals surface area contributed by atoms with Gasteiger partial charge in [0.15, 0.2) is 0 Å². The second-order valence-corrected chi connectivity index (χ2v) is 7.80. The largest absolute Gasteiger partial charge is 0.331 e. The van der Waals surface area contributed by atoms with E-state index in [1.54, 1.807) is 25.1 Å². The number of nitrogens with two attached hydrogens (primary N) is 1. The van der Waals surface area contributed by atoms with Crippen molar-refractivity contribution in [3.05, 3.63) is 77.4 Å². The van der Waals surface area contributed by atoms with Crippen LogP contribution in [0.1, 0.15) is 24.0 Å². The van der Waals surface area contributed by atoms with Crippen molar-refractivity contribution in [2.75, 3.05) is 27.3 Å². The van der Waals surface area contributed by atoms with E-state index < -0.39 is 29.9 Å². The lowest BCUT2D eigenvalue weighted by Crippen LogP contribution is -2.50. The van der Waals surface area contributed by atoms with E-state index >= 15 is 0 Å². The average Bonchev–Trinajstić information content (AvgIpc) is 3.14. The maximum Gasteiger partial charge on any atom is 0.320 e. The highest BCUT2D eigenvalue weighted by molar-refractivity contribution is 5.83. The Labute approximate surface area is 174 Å². The zero-order valence-corrected chi connectivity index (χ0v) is 17.1. The minimum absolute atomic E-state index is 0.0944. The van der Waals surface area contributed by atoms with E-state index in [0.717, 1.165) is 23.8 Å². The zero-order chi connectivity index (χ0) is 21.9. The van der Waals surface area contributed by atoms with Gasteiger partial charge in [-0.05, 0) is 48.3 Å². The van der Waals surface area contributed by atoms with Gasteiger partial charge in [-0.1, -0.05) is 30.3 Å². The number of hydrogen-bond acceptors (Lipinski definition) is 2. The topological polar surface area (TPSA) is 49.6 Å². The minimum atomic E-state index is -0.955. The standard InChI is InChI=1S/C23H26F3N3O/c1-28(2)22(30)29-15-16(20-12-18(25)8-9-21(20)26)13-23(29,11-10-19(27)14-24)17-6-4-3-5-7-17/h3-9,12-13,19H,10-11,14-15,27H2,1-2H3. The number of alkyl halides is 1. The third-order valence-electron chi connectivity index (χ3n) is 5.48. The fraction of sp³-hybridized carbons (Fsp3) is 0.348. The van der Waals surface area contributed by atoms with Gasteiger partial charge in [-0.25, -0.2) is 18.0 Å². The van der Waals surface area contributed by atoms with Crippen LogP contribution in [-0.4, -0.2) is 49.2 Å². The van der Waals surface area contributed by atoms with Gasteiger partial charge in [0.2, 0.25) is 0 Å². The molecule has 0 aliphatic carbocycles. The van der Waals surface area contributed by atoms with Gasteiger partial charge in [-0.2, -0.15) is 0 Å². The predicted molar refractivity (Wildman–Crippen MR) is 111 cm³/mol. The van der Waals surface area contributed by atoms with E-state index in [0.29, 0.717) is 18.4 Å². The summed E-state index contributed by atoms with van der Waals surface area (Å²) in [7, 11) is 3.26. The Bertz CT molecular complexity index is 933. The SMILES string of the molecule is CN(C)C(=O)N1CC(c2cc(F)ccc2F)=CC1(CCC(N)CF)c1ccccc1. The van der Waals surface area contributed by atoms with Crippen molar-refractivity contribution in [2.45, 2.75) is 24.4 Å². The second kappa shape index (κ2) is 8.92. The van der Waals surface area contributed by atoms with Gasteiger partial charge in [0.25, 0.3) is 0 Å². The smallest absolute Gasteiger partial charge is 0.320 e. The number of carbonyl (C=O) groups excluding carboxylic acids is 1. The van der Waals surface area contributed by atoms with Gasteiger partial charge in [0.05, 0.1) is 5.54 Å². The lowest BCUT2D eigenvalue weighted by Gasteiger charge is -2.40. The van der Waals surface area contributed by atoms with Gasteiger partial charge in [0, 0.05) is 32.2 Å². The molecule has 2 aromatic rings. The number of hydrogen-bond donors (Lipinski definition) is 1. The summed E-state index contributed by atoms with van der Waals surface area (Å²) >= 11 is 0. The van der Waals surface area contributed by atoms with Crippen molar-refractivity contribution in [1.29, 1.82) is 0 Å². The van der Waals surface area contributed by atoms with E-state index in [1.807, 2.05) is 30.3 Å². The van der Waals surface area contributed by atoms with E-state index in [9.17, 15) is 18.0 Å². The van der Waals surface area contributed by atoms with Crippen molar-refractivity contribution in [2.24, 2.45) is 5.73 Å². The molecule has 2 unspecified atom stereocenters. The third-order valence-corrected chi connectivity index (χ3v) is 5.48. The highest BCUT2D eigenvalue weighted by Crippen LogP contribution is 2.44. The summed E-state index contributed by atoms with van der Waals surface area (Å²) in [6.07, 6.45) is 2.46. The van der Waals surface area contributed by atoms with E-state index in [1.165, 1.54) is 4.90 Å². The van der Waals surface area contributed by atoms with Crippen LogP contribution in [0.5, 0.6) is 0 Å². The first-order valence-corrected chi connectivity index (χ1v) is 9.81. The number of amides is 2. The van der Waals surface area contributed by atoms with Crippen LogP contribution in [0.15, 0.2) is 54.6 Å². The lowest BCUT2D eigenvalue weighted by molar-refractivity contribution is 0.128. The molecular formula is C23H26F3N3O. The molecule has 160 valence electrons. The molecule has 2 N–H and O–H groups in total. The van der Waals surface area contributed by atoms with Gasteiger partial charge < -0.3 is 15.5 Å². The van der Waals surface area contributed by atoms with Crippen LogP contribution < -0.4 is 5.73 Å². The van der Waals surface area contributed by atoms with E-state index in [4.69, 9.17) is 5.73 Å². The van der Waals surface area contributed by atoms with Gasteiger partial charge >= 0.3 is 6.03 Å². The normalized spacial score (nSPS) is 19.5. The molecule has 0 spiro atoms. The molecule has 0 aromatic heterocycles. The molecule has 4 nitrogen and oxygen atoms in total. The van der Waals surface area contributed by atoms with Crippen LogP contribution >= 0.6 is 0 Å². The molecule has 2 amide bonds. The minimum Gasteiger partial charge on any atom is -0.331 e. The first-order chi connectivity index (χ1) is 14.3. The molecule has 0 radical (unpaired) electrons. The highest BCUT2D eigenvalue weighted by Gasteiger charge is 2.45. The average molecular weight is 417 g/mol. The van der Waals surface area contributed by atoms with Crippen molar-refractivity contribution in [3.8, 4) is 0 Å². The molecule has 30 heavy (non-hydrogen) atoms. The molecule has 2 atom stereocenters. The monoisotopic (exact) mass is 417 g/mol. The fourth-order valence-corrected chi connectivity index (χ4v) is 3.91. The third kappa shape index (κ3) is 4.21. The number of urea groups is 1. The maximum atomic E-state index is 14.5. The molecule has 0 fully saturated rings. The molecule has 2 aromatic carbocycles. The Kier molecular flexibility index (Phi) is 6.51.